The molecule has 1 heterocycles. The number of rotatable bonds is 6. The van der Waals surface area contributed by atoms with Gasteiger partial charge in [-0.15, -0.1) is 10.2 Å². The van der Waals surface area contributed by atoms with Crippen molar-refractivity contribution in [1.29, 1.82) is 0 Å². The minimum absolute atomic E-state index is 0.207. The first kappa shape index (κ1) is 11.2. The largest absolute Gasteiger partial charge is 0.424 e. The van der Waals surface area contributed by atoms with Crippen molar-refractivity contribution in [3.8, 4) is 0 Å². The smallest absolute Gasteiger partial charge is 0.233 e. The molecule has 14 heavy (non-hydrogen) atoms. The van der Waals surface area contributed by atoms with Crippen LogP contribution in [0, 0.1) is 0 Å². The van der Waals surface area contributed by atoms with Crippen LogP contribution in [-0.4, -0.2) is 16.7 Å². The fourth-order valence-electron chi connectivity index (χ4n) is 1.37. The van der Waals surface area contributed by atoms with Crippen LogP contribution in [-0.2, 0) is 6.42 Å². The highest BCUT2D eigenvalue weighted by Crippen LogP contribution is 2.15. The molecule has 1 aromatic heterocycles. The number of hydrogen-bond acceptors (Lipinski definition) is 4. The summed E-state index contributed by atoms with van der Waals surface area (Å²) >= 11 is 0. The second-order valence-corrected chi connectivity index (χ2v) is 3.30. The molecule has 0 spiro atoms. The average molecular weight is 197 g/mol. The Hall–Kier alpha value is -0.900. The standard InChI is InChI=1S/C10H19N3O/c1-4-7-9-12-13-10(14-9)8(5-2)11-6-3/h8,11H,4-7H2,1-3H3. The van der Waals surface area contributed by atoms with Crippen molar-refractivity contribution < 1.29 is 4.42 Å². The summed E-state index contributed by atoms with van der Waals surface area (Å²) in [7, 11) is 0. The van der Waals surface area contributed by atoms with Gasteiger partial charge >= 0.3 is 0 Å². The molecule has 1 aromatic rings. The maximum absolute atomic E-state index is 5.54. The number of aromatic nitrogens is 2. The van der Waals surface area contributed by atoms with Crippen LogP contribution in [0.4, 0.5) is 0 Å². The van der Waals surface area contributed by atoms with Gasteiger partial charge in [0.1, 0.15) is 0 Å². The summed E-state index contributed by atoms with van der Waals surface area (Å²) in [5.41, 5.74) is 0. The van der Waals surface area contributed by atoms with Crippen LogP contribution in [0.2, 0.25) is 0 Å². The van der Waals surface area contributed by atoms with Crippen molar-refractivity contribution in [3.05, 3.63) is 11.8 Å². The van der Waals surface area contributed by atoms with Crippen molar-refractivity contribution in [2.75, 3.05) is 6.54 Å². The Morgan fingerprint density at radius 3 is 2.64 bits per heavy atom. The lowest BCUT2D eigenvalue weighted by Gasteiger charge is -2.09. The van der Waals surface area contributed by atoms with Gasteiger partial charge in [0, 0.05) is 6.42 Å². The quantitative estimate of drug-likeness (QED) is 0.758. The second kappa shape index (κ2) is 5.75. The lowest BCUT2D eigenvalue weighted by Crippen LogP contribution is -2.20. The van der Waals surface area contributed by atoms with Crippen molar-refractivity contribution in [2.24, 2.45) is 0 Å². The molecule has 80 valence electrons. The maximum Gasteiger partial charge on any atom is 0.233 e. The molecule has 0 bridgehead atoms. The van der Waals surface area contributed by atoms with Gasteiger partial charge in [0.05, 0.1) is 6.04 Å². The van der Waals surface area contributed by atoms with E-state index in [0.717, 1.165) is 37.6 Å². The molecule has 0 aromatic carbocycles. The summed E-state index contributed by atoms with van der Waals surface area (Å²) < 4.78 is 5.54. The molecule has 1 unspecified atom stereocenters. The van der Waals surface area contributed by atoms with E-state index in [1.165, 1.54) is 0 Å². The normalized spacial score (nSPS) is 13.1. The van der Waals surface area contributed by atoms with Crippen LogP contribution in [0.5, 0.6) is 0 Å². The average Bonchev–Trinajstić information content (AvgIpc) is 2.63. The fraction of sp³-hybridized carbons (Fsp3) is 0.800. The molecule has 4 nitrogen and oxygen atoms in total. The van der Waals surface area contributed by atoms with E-state index >= 15 is 0 Å². The predicted octanol–water partition coefficient (Wildman–Crippen LogP) is 2.08. The van der Waals surface area contributed by atoms with Crippen molar-refractivity contribution in [3.63, 3.8) is 0 Å². The zero-order valence-electron chi connectivity index (χ0n) is 9.21. The molecular weight excluding hydrogens is 178 g/mol. The third-order valence-corrected chi connectivity index (χ3v) is 2.10. The molecule has 4 heteroatoms. The van der Waals surface area contributed by atoms with Crippen molar-refractivity contribution >= 4 is 0 Å². The van der Waals surface area contributed by atoms with Gasteiger partial charge in [-0.2, -0.15) is 0 Å². The van der Waals surface area contributed by atoms with Crippen LogP contribution in [0.3, 0.4) is 0 Å². The molecule has 1 atom stereocenters. The third kappa shape index (κ3) is 2.80. The van der Waals surface area contributed by atoms with Gasteiger partial charge in [0.2, 0.25) is 11.8 Å². The van der Waals surface area contributed by atoms with Gasteiger partial charge in [-0.3, -0.25) is 0 Å². The minimum atomic E-state index is 0.207. The SMILES string of the molecule is CCCc1nnc(C(CC)NCC)o1. The molecule has 0 aliphatic carbocycles. The van der Waals surface area contributed by atoms with Crippen molar-refractivity contribution in [2.45, 2.75) is 46.1 Å². The van der Waals surface area contributed by atoms with E-state index < -0.39 is 0 Å². The van der Waals surface area contributed by atoms with E-state index in [1.807, 2.05) is 0 Å². The third-order valence-electron chi connectivity index (χ3n) is 2.10. The molecule has 0 aliphatic heterocycles. The summed E-state index contributed by atoms with van der Waals surface area (Å²) in [5.74, 6) is 1.47. The van der Waals surface area contributed by atoms with E-state index in [0.29, 0.717) is 0 Å². The number of aryl methyl sites for hydroxylation is 1. The Morgan fingerprint density at radius 1 is 1.29 bits per heavy atom. The van der Waals surface area contributed by atoms with Gasteiger partial charge in [0.25, 0.3) is 0 Å². The fourth-order valence-corrected chi connectivity index (χ4v) is 1.37. The molecule has 0 saturated carbocycles. The minimum Gasteiger partial charge on any atom is -0.424 e. The highest BCUT2D eigenvalue weighted by atomic mass is 16.4. The van der Waals surface area contributed by atoms with Gasteiger partial charge in [-0.1, -0.05) is 20.8 Å². The van der Waals surface area contributed by atoms with E-state index in [-0.39, 0.29) is 6.04 Å². The molecule has 0 saturated heterocycles. The van der Waals surface area contributed by atoms with Crippen LogP contribution in [0.25, 0.3) is 0 Å². The summed E-state index contributed by atoms with van der Waals surface area (Å²) in [5, 5.41) is 11.4. The summed E-state index contributed by atoms with van der Waals surface area (Å²) in [6, 6.07) is 0.207. The number of hydrogen-bond donors (Lipinski definition) is 1. The van der Waals surface area contributed by atoms with E-state index in [4.69, 9.17) is 4.42 Å². The van der Waals surface area contributed by atoms with Crippen LogP contribution < -0.4 is 5.32 Å². The van der Waals surface area contributed by atoms with Crippen molar-refractivity contribution in [1.82, 2.24) is 15.5 Å². The summed E-state index contributed by atoms with van der Waals surface area (Å²) in [6.45, 7) is 7.21. The Morgan fingerprint density at radius 2 is 2.07 bits per heavy atom. The molecular formula is C10H19N3O. The zero-order valence-corrected chi connectivity index (χ0v) is 9.21. The molecule has 0 amide bonds. The van der Waals surface area contributed by atoms with Gasteiger partial charge in [-0.05, 0) is 19.4 Å². The van der Waals surface area contributed by atoms with Crippen LogP contribution >= 0.6 is 0 Å². The monoisotopic (exact) mass is 197 g/mol. The highest BCUT2D eigenvalue weighted by molar-refractivity contribution is 4.89. The van der Waals surface area contributed by atoms with Gasteiger partial charge in [-0.25, -0.2) is 0 Å². The van der Waals surface area contributed by atoms with Crippen LogP contribution in [0.15, 0.2) is 4.42 Å². The van der Waals surface area contributed by atoms with E-state index in [2.05, 4.69) is 36.3 Å². The van der Waals surface area contributed by atoms with E-state index in [9.17, 15) is 0 Å². The van der Waals surface area contributed by atoms with Gasteiger partial charge < -0.3 is 9.73 Å². The number of nitrogens with one attached hydrogen (secondary N) is 1. The number of nitrogens with zero attached hydrogens (tertiary/aromatic N) is 2. The molecule has 0 fully saturated rings. The first-order valence-corrected chi connectivity index (χ1v) is 5.37. The summed E-state index contributed by atoms with van der Waals surface area (Å²) in [6.07, 6.45) is 2.89. The lowest BCUT2D eigenvalue weighted by atomic mass is 10.2. The lowest BCUT2D eigenvalue weighted by molar-refractivity contribution is 0.376. The Labute approximate surface area is 85.1 Å². The molecule has 1 rings (SSSR count). The van der Waals surface area contributed by atoms with Crippen LogP contribution in [0.1, 0.15) is 51.4 Å². The van der Waals surface area contributed by atoms with Gasteiger partial charge in [0.15, 0.2) is 0 Å². The Kier molecular flexibility index (Phi) is 4.59. The molecule has 1 N–H and O–H groups in total. The first-order valence-electron chi connectivity index (χ1n) is 5.37. The maximum atomic E-state index is 5.54. The van der Waals surface area contributed by atoms with E-state index in [1.54, 1.807) is 0 Å². The topological polar surface area (TPSA) is 51.0 Å². The summed E-state index contributed by atoms with van der Waals surface area (Å²) in [4.78, 5) is 0. The second-order valence-electron chi connectivity index (χ2n) is 3.30. The highest BCUT2D eigenvalue weighted by Gasteiger charge is 2.14. The Balaban J connectivity index is 2.63. The molecule has 0 radical (unpaired) electrons. The predicted molar refractivity (Wildman–Crippen MR) is 55.0 cm³/mol. The first-order chi connectivity index (χ1) is 6.81. The zero-order chi connectivity index (χ0) is 10.4. The molecule has 0 aliphatic rings. The Bertz CT molecular complexity index is 260.